The van der Waals surface area contributed by atoms with Crippen molar-refractivity contribution < 1.29 is 52.4 Å². The molecule has 0 aliphatic carbocycles. The van der Waals surface area contributed by atoms with Gasteiger partial charge in [-0.2, -0.15) is 35.6 Å². The molecule has 15 heteroatoms. The second-order valence-electron chi connectivity index (χ2n) is 4.05. The van der Waals surface area contributed by atoms with Crippen LogP contribution in [-0.4, -0.2) is 37.4 Å². The molecule has 0 heterocycles. The molecule has 0 amide bonds. The predicted molar refractivity (Wildman–Crippen MR) is 63.3 cm³/mol. The van der Waals surface area contributed by atoms with Crippen molar-refractivity contribution in [1.29, 1.82) is 0 Å². The number of sulfone groups is 2. The van der Waals surface area contributed by atoms with E-state index in [0.717, 1.165) is 0 Å². The molecule has 0 fully saturated rings. The Balaban J connectivity index is 5.76. The average molecular weight is 400 g/mol. The Hall–Kier alpha value is -0.250. The summed E-state index contributed by atoms with van der Waals surface area (Å²) < 4.78 is 122. The van der Waals surface area contributed by atoms with Gasteiger partial charge in [0.15, 0.2) is 0 Å². The average Bonchev–Trinajstić information content (AvgIpc) is 2.18. The Morgan fingerprint density at radius 3 is 1.36 bits per heavy atom. The molecule has 0 aliphatic rings. The molecule has 0 N–H and O–H groups in total. The third-order valence-corrected chi connectivity index (χ3v) is 8.63. The van der Waals surface area contributed by atoms with Crippen LogP contribution < -0.4 is 0 Å². The quantitative estimate of drug-likeness (QED) is 0.268. The zero-order valence-electron chi connectivity index (χ0n) is 11.0. The Kier molecular flexibility index (Phi) is 6.26. The van der Waals surface area contributed by atoms with Crippen LogP contribution in [0.5, 0.6) is 0 Å². The molecule has 0 rings (SSSR count). The topological polar surface area (TPSA) is 86.7 Å². The summed E-state index contributed by atoms with van der Waals surface area (Å²) in [4.78, 5) is 3.19. The molecule has 0 saturated heterocycles. The first-order valence-corrected chi connectivity index (χ1v) is 8.85. The van der Waals surface area contributed by atoms with E-state index in [0.29, 0.717) is 0 Å². The lowest BCUT2D eigenvalue weighted by Gasteiger charge is -2.23. The minimum atomic E-state index is -6.09. The van der Waals surface area contributed by atoms with Gasteiger partial charge in [-0.25, -0.2) is 16.8 Å². The smallest absolute Gasteiger partial charge is 0.220 e. The molecule has 0 bridgehead atoms. The van der Waals surface area contributed by atoms with E-state index in [9.17, 15) is 43.2 Å². The summed E-state index contributed by atoms with van der Waals surface area (Å²) in [5.41, 5.74) is 0. The molecule has 22 heavy (non-hydrogen) atoms. The molecule has 6 nitrogen and oxygen atoms in total. The fourth-order valence-corrected chi connectivity index (χ4v) is 6.00. The molecule has 0 aromatic heterocycles. The van der Waals surface area contributed by atoms with E-state index in [1.165, 1.54) is 0 Å². The summed E-state index contributed by atoms with van der Waals surface area (Å²) in [6, 6.07) is 0. The first-order valence-electron chi connectivity index (χ1n) is 4.95. The van der Waals surface area contributed by atoms with E-state index >= 15 is 0 Å². The van der Waals surface area contributed by atoms with Crippen molar-refractivity contribution in [1.82, 2.24) is 0 Å². The lowest BCUT2D eigenvalue weighted by Crippen LogP contribution is -2.44. The molecule has 134 valence electrons. The molecular weight excluding hydrogens is 390 g/mol. The van der Waals surface area contributed by atoms with Crippen molar-refractivity contribution in [3.05, 3.63) is 0 Å². The standard InChI is InChI=1S/C7H10F6O6S3/c1-5(8,9)18-19-20-4(21(14,15)6(2,10)11)22(16,17)7(3,12)13/h4H,1-3H3. The fourth-order valence-electron chi connectivity index (χ4n) is 0.720. The van der Waals surface area contributed by atoms with Crippen LogP contribution in [0.1, 0.15) is 20.8 Å². The number of hydrogen-bond donors (Lipinski definition) is 0. The van der Waals surface area contributed by atoms with E-state index in [1.54, 1.807) is 0 Å². The van der Waals surface area contributed by atoms with Crippen molar-refractivity contribution in [2.24, 2.45) is 0 Å². The predicted octanol–water partition coefficient (Wildman–Crippen LogP) is 2.53. The molecule has 0 unspecified atom stereocenters. The molecule has 0 saturated carbocycles. The van der Waals surface area contributed by atoms with Crippen LogP contribution in [0.4, 0.5) is 26.3 Å². The monoisotopic (exact) mass is 400 g/mol. The van der Waals surface area contributed by atoms with Gasteiger partial charge < -0.3 is 0 Å². The largest absolute Gasteiger partial charge is 0.379 e. The summed E-state index contributed by atoms with van der Waals surface area (Å²) in [5.74, 6) is 0. The second-order valence-corrected chi connectivity index (χ2v) is 10.3. The highest BCUT2D eigenvalue weighted by molar-refractivity contribution is 8.26. The highest BCUT2D eigenvalue weighted by Gasteiger charge is 2.59. The van der Waals surface area contributed by atoms with Gasteiger partial charge in [0.25, 0.3) is 0 Å². The van der Waals surface area contributed by atoms with Gasteiger partial charge in [-0.3, -0.25) is 0 Å². The summed E-state index contributed by atoms with van der Waals surface area (Å²) in [6.45, 7) is -0.461. The van der Waals surface area contributed by atoms with Gasteiger partial charge in [0.2, 0.25) is 23.6 Å². The van der Waals surface area contributed by atoms with Crippen LogP contribution in [0.2, 0.25) is 0 Å². The van der Waals surface area contributed by atoms with Crippen molar-refractivity contribution in [2.75, 3.05) is 0 Å². The maximum absolute atomic E-state index is 13.0. The zero-order valence-corrected chi connectivity index (χ0v) is 13.5. The number of hydrogen-bond acceptors (Lipinski definition) is 7. The van der Waals surface area contributed by atoms with Gasteiger partial charge in [0.05, 0.1) is 12.0 Å². The molecular formula is C7H10F6O6S3. The van der Waals surface area contributed by atoms with Crippen molar-refractivity contribution in [3.8, 4) is 0 Å². The first-order chi connectivity index (χ1) is 9.34. The Labute approximate surface area is 126 Å². The first kappa shape index (κ1) is 21.8. The van der Waals surface area contributed by atoms with Gasteiger partial charge in [0.1, 0.15) is 0 Å². The van der Waals surface area contributed by atoms with Crippen LogP contribution in [0.15, 0.2) is 0 Å². The zero-order chi connectivity index (χ0) is 18.2. The van der Waals surface area contributed by atoms with Crippen LogP contribution >= 0.6 is 12.0 Å². The molecule has 0 spiro atoms. The summed E-state index contributed by atoms with van der Waals surface area (Å²) in [7, 11) is -12.2. The minimum Gasteiger partial charge on any atom is -0.220 e. The third kappa shape index (κ3) is 5.14. The highest BCUT2D eigenvalue weighted by Crippen LogP contribution is 2.40. The minimum absolute atomic E-state index is 0.0778. The van der Waals surface area contributed by atoms with E-state index in [4.69, 9.17) is 0 Å². The van der Waals surface area contributed by atoms with E-state index < -0.39 is 52.2 Å². The molecule has 0 aromatic rings. The van der Waals surface area contributed by atoms with Gasteiger partial charge in [-0.05, 0) is 0 Å². The molecule has 0 atom stereocenters. The van der Waals surface area contributed by atoms with Crippen LogP contribution in [-0.2, 0) is 28.9 Å². The lowest BCUT2D eigenvalue weighted by molar-refractivity contribution is -0.375. The lowest BCUT2D eigenvalue weighted by atomic mass is 10.8. The third-order valence-electron chi connectivity index (χ3n) is 1.80. The van der Waals surface area contributed by atoms with Gasteiger partial charge >= 0.3 is 16.6 Å². The van der Waals surface area contributed by atoms with Crippen LogP contribution in [0.25, 0.3) is 0 Å². The summed E-state index contributed by atoms with van der Waals surface area (Å²) in [5, 5.41) is -9.53. The Morgan fingerprint density at radius 1 is 0.818 bits per heavy atom. The summed E-state index contributed by atoms with van der Waals surface area (Å²) >= 11 is -1.12. The number of alkyl halides is 6. The van der Waals surface area contributed by atoms with Gasteiger partial charge in [-0.1, -0.05) is 0 Å². The van der Waals surface area contributed by atoms with Gasteiger partial charge in [0, 0.05) is 20.8 Å². The van der Waals surface area contributed by atoms with Gasteiger partial charge in [-0.15, -0.1) is 0 Å². The molecule has 0 aliphatic heterocycles. The van der Waals surface area contributed by atoms with Crippen molar-refractivity contribution in [3.63, 3.8) is 0 Å². The van der Waals surface area contributed by atoms with E-state index in [2.05, 4.69) is 9.22 Å². The Morgan fingerprint density at radius 2 is 1.14 bits per heavy atom. The van der Waals surface area contributed by atoms with Crippen LogP contribution in [0, 0.1) is 0 Å². The van der Waals surface area contributed by atoms with Crippen LogP contribution in [0.3, 0.4) is 0 Å². The maximum atomic E-state index is 13.0. The molecule has 0 radical (unpaired) electrons. The highest BCUT2D eigenvalue weighted by atomic mass is 32.3. The molecule has 0 aromatic carbocycles. The van der Waals surface area contributed by atoms with Crippen molar-refractivity contribution in [2.45, 2.75) is 41.3 Å². The fraction of sp³-hybridized carbons (Fsp3) is 1.00. The maximum Gasteiger partial charge on any atom is 0.379 e. The SMILES string of the molecule is CC(F)(F)OOSC(S(=O)(=O)C(C)(F)F)S(=O)(=O)C(C)(F)F. The second kappa shape index (κ2) is 6.33. The Bertz CT molecular complexity index is 540. The van der Waals surface area contributed by atoms with E-state index in [-0.39, 0.29) is 20.8 Å². The number of rotatable bonds is 8. The summed E-state index contributed by atoms with van der Waals surface area (Å²) in [6.07, 6.45) is -4.06. The van der Waals surface area contributed by atoms with Crippen molar-refractivity contribution >= 4 is 31.7 Å². The van der Waals surface area contributed by atoms with E-state index in [1.807, 2.05) is 0 Å². The number of halogens is 6. The normalized spacial score (nSPS) is 15.4.